The number of carbonyl (C=O) groups is 1. The lowest BCUT2D eigenvalue weighted by atomic mass is 9.89. The minimum absolute atomic E-state index is 0.147. The Morgan fingerprint density at radius 3 is 2.35 bits per heavy atom. The van der Waals surface area contributed by atoms with Gasteiger partial charge in [0.1, 0.15) is 11.5 Å². The van der Waals surface area contributed by atoms with Crippen molar-refractivity contribution in [1.29, 1.82) is 0 Å². The fourth-order valence-corrected chi connectivity index (χ4v) is 2.13. The summed E-state index contributed by atoms with van der Waals surface area (Å²) in [5, 5.41) is 6.25. The van der Waals surface area contributed by atoms with Gasteiger partial charge in [0.05, 0.1) is 12.4 Å². The lowest BCUT2D eigenvalue weighted by Crippen LogP contribution is -2.47. The van der Waals surface area contributed by atoms with Crippen LogP contribution in [0.1, 0.15) is 63.9 Å². The highest BCUT2D eigenvalue weighted by atomic mass is 16.2. The summed E-state index contributed by atoms with van der Waals surface area (Å²) in [5.41, 5.74) is 0.219. The van der Waals surface area contributed by atoms with Gasteiger partial charge in [-0.25, -0.2) is 4.98 Å². The van der Waals surface area contributed by atoms with Crippen molar-refractivity contribution in [3.05, 3.63) is 18.1 Å². The van der Waals surface area contributed by atoms with Gasteiger partial charge in [-0.2, -0.15) is 0 Å². The molecule has 1 rings (SSSR count). The van der Waals surface area contributed by atoms with Crippen LogP contribution in [0.25, 0.3) is 0 Å². The molecule has 0 aliphatic heterocycles. The Labute approximate surface area is 121 Å². The quantitative estimate of drug-likeness (QED) is 0.767. The third-order valence-electron chi connectivity index (χ3n) is 3.83. The van der Waals surface area contributed by atoms with E-state index in [2.05, 4.69) is 48.3 Å². The van der Waals surface area contributed by atoms with Gasteiger partial charge in [-0.15, -0.1) is 0 Å². The average Bonchev–Trinajstić information content (AvgIpc) is 2.51. The first-order chi connectivity index (χ1) is 9.60. The fourth-order valence-electron chi connectivity index (χ4n) is 2.13. The standard InChI is InChI=1S/C15H26N4O/c1-5-9-17-13-11-16-10-12(18-13)14(20)19-15(6-2,7-3)8-4/h10-11H,5-9H2,1-4H3,(H,17,18)(H,19,20). The third kappa shape index (κ3) is 4.18. The largest absolute Gasteiger partial charge is 0.369 e. The molecule has 0 aliphatic rings. The van der Waals surface area contributed by atoms with E-state index in [0.29, 0.717) is 11.5 Å². The van der Waals surface area contributed by atoms with E-state index in [1.54, 1.807) is 6.20 Å². The topological polar surface area (TPSA) is 66.9 Å². The molecule has 0 saturated heterocycles. The molecular formula is C15H26N4O. The summed E-state index contributed by atoms with van der Waals surface area (Å²) in [4.78, 5) is 20.7. The lowest BCUT2D eigenvalue weighted by Gasteiger charge is -2.31. The number of hydrogen-bond acceptors (Lipinski definition) is 4. The Morgan fingerprint density at radius 1 is 1.15 bits per heavy atom. The SMILES string of the molecule is CCCNc1cncc(C(=O)NC(CC)(CC)CC)n1. The van der Waals surface area contributed by atoms with Crippen molar-refractivity contribution in [2.24, 2.45) is 0 Å². The maximum absolute atomic E-state index is 12.3. The number of nitrogens with zero attached hydrogens (tertiary/aromatic N) is 2. The predicted molar refractivity (Wildman–Crippen MR) is 81.9 cm³/mol. The molecular weight excluding hydrogens is 252 g/mol. The average molecular weight is 278 g/mol. The Bertz CT molecular complexity index is 421. The van der Waals surface area contributed by atoms with Crippen molar-refractivity contribution >= 4 is 11.7 Å². The van der Waals surface area contributed by atoms with E-state index in [0.717, 1.165) is 32.2 Å². The Hall–Kier alpha value is -1.65. The molecule has 0 fully saturated rings. The number of amides is 1. The second-order valence-electron chi connectivity index (χ2n) is 5.01. The van der Waals surface area contributed by atoms with Crippen LogP contribution < -0.4 is 10.6 Å². The number of carbonyl (C=O) groups excluding carboxylic acids is 1. The zero-order chi connectivity index (χ0) is 15.0. The third-order valence-corrected chi connectivity index (χ3v) is 3.83. The summed E-state index contributed by atoms with van der Waals surface area (Å²) in [6, 6.07) is 0. The first-order valence-electron chi connectivity index (χ1n) is 7.49. The van der Waals surface area contributed by atoms with Gasteiger partial charge in [-0.1, -0.05) is 27.7 Å². The van der Waals surface area contributed by atoms with Gasteiger partial charge in [0.2, 0.25) is 0 Å². The normalized spacial score (nSPS) is 11.2. The van der Waals surface area contributed by atoms with E-state index >= 15 is 0 Å². The molecule has 0 aliphatic carbocycles. The van der Waals surface area contributed by atoms with Gasteiger partial charge in [0.25, 0.3) is 5.91 Å². The monoisotopic (exact) mass is 278 g/mol. The van der Waals surface area contributed by atoms with Crippen molar-refractivity contribution in [3.8, 4) is 0 Å². The maximum Gasteiger partial charge on any atom is 0.272 e. The zero-order valence-corrected chi connectivity index (χ0v) is 13.0. The van der Waals surface area contributed by atoms with Crippen LogP contribution in [0.5, 0.6) is 0 Å². The van der Waals surface area contributed by atoms with E-state index in [-0.39, 0.29) is 11.4 Å². The molecule has 1 amide bonds. The predicted octanol–water partition coefficient (Wildman–Crippen LogP) is 3.00. The van der Waals surface area contributed by atoms with Gasteiger partial charge in [0.15, 0.2) is 0 Å². The minimum atomic E-state index is -0.150. The van der Waals surface area contributed by atoms with Crippen molar-refractivity contribution in [2.75, 3.05) is 11.9 Å². The summed E-state index contributed by atoms with van der Waals surface area (Å²) in [6.07, 6.45) is 6.88. The molecule has 0 bridgehead atoms. The van der Waals surface area contributed by atoms with Crippen LogP contribution in [-0.4, -0.2) is 28.0 Å². The van der Waals surface area contributed by atoms with Crippen LogP contribution in [-0.2, 0) is 0 Å². The Balaban J connectivity index is 2.81. The van der Waals surface area contributed by atoms with Gasteiger partial charge in [-0.3, -0.25) is 9.78 Å². The van der Waals surface area contributed by atoms with Crippen molar-refractivity contribution in [2.45, 2.75) is 58.9 Å². The van der Waals surface area contributed by atoms with Crippen LogP contribution in [0, 0.1) is 0 Å². The summed E-state index contributed by atoms with van der Waals surface area (Å²) < 4.78 is 0. The van der Waals surface area contributed by atoms with Gasteiger partial charge >= 0.3 is 0 Å². The molecule has 0 spiro atoms. The summed E-state index contributed by atoms with van der Waals surface area (Å²) in [5.74, 6) is 0.498. The number of nitrogens with one attached hydrogen (secondary N) is 2. The van der Waals surface area contributed by atoms with Crippen molar-refractivity contribution in [1.82, 2.24) is 15.3 Å². The molecule has 20 heavy (non-hydrogen) atoms. The lowest BCUT2D eigenvalue weighted by molar-refractivity contribution is 0.0882. The van der Waals surface area contributed by atoms with E-state index in [9.17, 15) is 4.79 Å². The van der Waals surface area contributed by atoms with E-state index in [4.69, 9.17) is 0 Å². The molecule has 5 nitrogen and oxygen atoms in total. The van der Waals surface area contributed by atoms with Crippen molar-refractivity contribution in [3.63, 3.8) is 0 Å². The smallest absolute Gasteiger partial charge is 0.272 e. The molecule has 5 heteroatoms. The van der Waals surface area contributed by atoms with E-state index in [1.165, 1.54) is 6.20 Å². The van der Waals surface area contributed by atoms with Gasteiger partial charge in [-0.05, 0) is 25.7 Å². The Morgan fingerprint density at radius 2 is 1.80 bits per heavy atom. The second-order valence-corrected chi connectivity index (χ2v) is 5.01. The van der Waals surface area contributed by atoms with Gasteiger partial charge < -0.3 is 10.6 Å². The fraction of sp³-hybridized carbons (Fsp3) is 0.667. The molecule has 0 aromatic carbocycles. The summed E-state index contributed by atoms with van der Waals surface area (Å²) >= 11 is 0. The molecule has 0 saturated carbocycles. The highest BCUT2D eigenvalue weighted by Gasteiger charge is 2.26. The number of aromatic nitrogens is 2. The maximum atomic E-state index is 12.3. The summed E-state index contributed by atoms with van der Waals surface area (Å²) in [6.45, 7) is 9.19. The molecule has 0 unspecified atom stereocenters. The second kappa shape index (κ2) is 7.82. The van der Waals surface area contributed by atoms with E-state index < -0.39 is 0 Å². The molecule has 0 atom stereocenters. The Kier molecular flexibility index (Phi) is 6.42. The van der Waals surface area contributed by atoms with Crippen LogP contribution in [0.3, 0.4) is 0 Å². The molecule has 112 valence electrons. The van der Waals surface area contributed by atoms with Crippen LogP contribution >= 0.6 is 0 Å². The minimum Gasteiger partial charge on any atom is -0.369 e. The van der Waals surface area contributed by atoms with E-state index in [1.807, 2.05) is 0 Å². The summed E-state index contributed by atoms with van der Waals surface area (Å²) in [7, 11) is 0. The van der Waals surface area contributed by atoms with Crippen LogP contribution in [0.4, 0.5) is 5.82 Å². The number of rotatable bonds is 8. The van der Waals surface area contributed by atoms with Crippen molar-refractivity contribution < 1.29 is 4.79 Å². The molecule has 0 radical (unpaired) electrons. The number of hydrogen-bond donors (Lipinski definition) is 2. The number of anilines is 1. The highest BCUT2D eigenvalue weighted by Crippen LogP contribution is 2.19. The molecule has 1 aromatic rings. The highest BCUT2D eigenvalue weighted by molar-refractivity contribution is 5.92. The van der Waals surface area contributed by atoms with Crippen LogP contribution in [0.15, 0.2) is 12.4 Å². The first-order valence-corrected chi connectivity index (χ1v) is 7.49. The molecule has 1 heterocycles. The molecule has 2 N–H and O–H groups in total. The first kappa shape index (κ1) is 16.4. The zero-order valence-electron chi connectivity index (χ0n) is 13.0. The van der Waals surface area contributed by atoms with Gasteiger partial charge in [0, 0.05) is 12.1 Å². The molecule has 1 aromatic heterocycles. The van der Waals surface area contributed by atoms with Crippen LogP contribution in [0.2, 0.25) is 0 Å².